The Morgan fingerprint density at radius 1 is 1.10 bits per heavy atom. The molecule has 0 spiro atoms. The molecule has 1 saturated heterocycles. The predicted octanol–water partition coefficient (Wildman–Crippen LogP) is 4.52. The first-order valence-electron chi connectivity index (χ1n) is 9.49. The van der Waals surface area contributed by atoms with E-state index in [1.807, 2.05) is 6.07 Å². The number of carbonyl (C=O) groups excluding carboxylic acids is 1. The van der Waals surface area contributed by atoms with Crippen LogP contribution < -0.4 is 5.32 Å². The van der Waals surface area contributed by atoms with Crippen molar-refractivity contribution in [3.63, 3.8) is 0 Å². The molecule has 0 aliphatic carbocycles. The molecule has 2 aromatic carbocycles. The molecule has 1 atom stereocenters. The van der Waals surface area contributed by atoms with E-state index < -0.39 is 5.82 Å². The second-order valence-corrected chi connectivity index (χ2v) is 7.01. The molecule has 1 fully saturated rings. The Bertz CT molecular complexity index is 1030. The average molecular weight is 394 g/mol. The summed E-state index contributed by atoms with van der Waals surface area (Å²) in [4.78, 5) is 23.2. The van der Waals surface area contributed by atoms with Gasteiger partial charge in [0.25, 0.3) is 5.91 Å². The van der Waals surface area contributed by atoms with E-state index in [1.165, 1.54) is 24.3 Å². The largest absolute Gasteiger partial charge is 0.338 e. The van der Waals surface area contributed by atoms with Gasteiger partial charge in [0.2, 0.25) is 5.95 Å². The highest BCUT2D eigenvalue weighted by Crippen LogP contribution is 2.27. The van der Waals surface area contributed by atoms with Gasteiger partial charge in [0.15, 0.2) is 0 Å². The first-order valence-corrected chi connectivity index (χ1v) is 9.49. The van der Waals surface area contributed by atoms with Crippen molar-refractivity contribution in [3.8, 4) is 0 Å². The van der Waals surface area contributed by atoms with Crippen LogP contribution in [0.1, 0.15) is 34.8 Å². The van der Waals surface area contributed by atoms with E-state index in [9.17, 15) is 13.6 Å². The second kappa shape index (κ2) is 8.34. The lowest BCUT2D eigenvalue weighted by atomic mass is 9.94. The fraction of sp³-hybridized carbons (Fsp3) is 0.227. The Kier molecular flexibility index (Phi) is 5.46. The molecule has 1 aromatic heterocycles. The van der Waals surface area contributed by atoms with Gasteiger partial charge in [-0.05, 0) is 49.2 Å². The lowest BCUT2D eigenvalue weighted by Crippen LogP contribution is -2.39. The number of likely N-dealkylation sites (tertiary alicyclic amines) is 1. The molecular weight excluding hydrogens is 374 g/mol. The van der Waals surface area contributed by atoms with E-state index in [1.54, 1.807) is 35.4 Å². The van der Waals surface area contributed by atoms with Crippen molar-refractivity contribution in [1.82, 2.24) is 14.9 Å². The van der Waals surface area contributed by atoms with Gasteiger partial charge >= 0.3 is 0 Å². The minimum absolute atomic E-state index is 0.0236. The molecule has 1 amide bonds. The number of carbonyl (C=O) groups is 1. The fourth-order valence-corrected chi connectivity index (χ4v) is 3.56. The summed E-state index contributed by atoms with van der Waals surface area (Å²) in [5.41, 5.74) is 1.44. The van der Waals surface area contributed by atoms with Crippen molar-refractivity contribution in [1.29, 1.82) is 0 Å². The van der Waals surface area contributed by atoms with E-state index in [4.69, 9.17) is 0 Å². The molecule has 5 nitrogen and oxygen atoms in total. The summed E-state index contributed by atoms with van der Waals surface area (Å²) in [5, 5.41) is 3.00. The molecule has 1 N–H and O–H groups in total. The van der Waals surface area contributed by atoms with Crippen LogP contribution in [0.15, 0.2) is 60.8 Å². The van der Waals surface area contributed by atoms with Gasteiger partial charge in [0, 0.05) is 30.9 Å². The van der Waals surface area contributed by atoms with E-state index in [-0.39, 0.29) is 23.2 Å². The summed E-state index contributed by atoms with van der Waals surface area (Å²) in [6, 6.07) is 13.9. The number of hydrogen-bond acceptors (Lipinski definition) is 4. The quantitative estimate of drug-likeness (QED) is 0.707. The van der Waals surface area contributed by atoms with Crippen LogP contribution in [0, 0.1) is 11.6 Å². The minimum atomic E-state index is -0.511. The summed E-state index contributed by atoms with van der Waals surface area (Å²) >= 11 is 0. The molecule has 1 aliphatic rings. The molecule has 0 radical (unpaired) electrons. The molecule has 0 bridgehead atoms. The summed E-state index contributed by atoms with van der Waals surface area (Å²) in [6.45, 7) is 1.05. The third-order valence-electron chi connectivity index (χ3n) is 4.99. The Labute approximate surface area is 167 Å². The average Bonchev–Trinajstić information content (AvgIpc) is 2.74. The van der Waals surface area contributed by atoms with Crippen LogP contribution in [0.2, 0.25) is 0 Å². The number of piperidine rings is 1. The van der Waals surface area contributed by atoms with Crippen LogP contribution in [-0.2, 0) is 0 Å². The first-order chi connectivity index (χ1) is 14.1. The van der Waals surface area contributed by atoms with Gasteiger partial charge in [-0.2, -0.15) is 0 Å². The van der Waals surface area contributed by atoms with E-state index in [0.717, 1.165) is 18.5 Å². The van der Waals surface area contributed by atoms with Crippen LogP contribution in [0.5, 0.6) is 0 Å². The number of nitrogens with one attached hydrogen (secondary N) is 1. The van der Waals surface area contributed by atoms with Gasteiger partial charge in [-0.1, -0.05) is 18.2 Å². The number of aromatic nitrogens is 2. The van der Waals surface area contributed by atoms with Crippen molar-refractivity contribution in [2.45, 2.75) is 18.8 Å². The zero-order valence-corrected chi connectivity index (χ0v) is 15.7. The van der Waals surface area contributed by atoms with Gasteiger partial charge in [-0.25, -0.2) is 18.7 Å². The molecule has 0 unspecified atom stereocenters. The van der Waals surface area contributed by atoms with Gasteiger partial charge in [0.05, 0.1) is 11.3 Å². The molecular formula is C22H20F2N4O. The topological polar surface area (TPSA) is 58.1 Å². The van der Waals surface area contributed by atoms with Crippen LogP contribution in [0.25, 0.3) is 0 Å². The van der Waals surface area contributed by atoms with Crippen molar-refractivity contribution >= 4 is 17.5 Å². The Morgan fingerprint density at radius 2 is 1.97 bits per heavy atom. The first kappa shape index (κ1) is 19.0. The number of nitrogens with zero attached hydrogens (tertiary/aromatic N) is 3. The fourth-order valence-electron chi connectivity index (χ4n) is 3.56. The van der Waals surface area contributed by atoms with Gasteiger partial charge < -0.3 is 10.2 Å². The highest BCUT2D eigenvalue weighted by Gasteiger charge is 2.27. The highest BCUT2D eigenvalue weighted by atomic mass is 19.1. The highest BCUT2D eigenvalue weighted by molar-refractivity contribution is 5.94. The molecule has 148 valence electrons. The maximum absolute atomic E-state index is 14.0. The van der Waals surface area contributed by atoms with Crippen molar-refractivity contribution in [3.05, 3.63) is 83.7 Å². The number of rotatable bonds is 4. The van der Waals surface area contributed by atoms with Crippen LogP contribution in [-0.4, -0.2) is 33.9 Å². The Balaban J connectivity index is 1.50. The molecule has 1 aliphatic heterocycles. The molecule has 3 aromatic rings. The van der Waals surface area contributed by atoms with Crippen molar-refractivity contribution in [2.75, 3.05) is 18.4 Å². The monoisotopic (exact) mass is 394 g/mol. The summed E-state index contributed by atoms with van der Waals surface area (Å²) in [5.74, 6) is -0.773. The van der Waals surface area contributed by atoms with E-state index >= 15 is 0 Å². The van der Waals surface area contributed by atoms with Crippen LogP contribution in [0.4, 0.5) is 20.4 Å². The van der Waals surface area contributed by atoms with Crippen molar-refractivity contribution in [2.24, 2.45) is 0 Å². The molecule has 2 heterocycles. The van der Waals surface area contributed by atoms with Gasteiger partial charge in [-0.15, -0.1) is 0 Å². The minimum Gasteiger partial charge on any atom is -0.338 e. The third kappa shape index (κ3) is 4.39. The predicted molar refractivity (Wildman–Crippen MR) is 106 cm³/mol. The summed E-state index contributed by atoms with van der Waals surface area (Å²) in [6.07, 6.45) is 3.32. The number of hydrogen-bond donors (Lipinski definition) is 1. The van der Waals surface area contributed by atoms with Crippen LogP contribution in [0.3, 0.4) is 0 Å². The maximum Gasteiger partial charge on any atom is 0.256 e. The lowest BCUT2D eigenvalue weighted by Gasteiger charge is -2.32. The van der Waals surface area contributed by atoms with Gasteiger partial charge in [0.1, 0.15) is 11.6 Å². The summed E-state index contributed by atoms with van der Waals surface area (Å²) < 4.78 is 27.4. The number of halogens is 2. The lowest BCUT2D eigenvalue weighted by molar-refractivity contribution is 0.0701. The maximum atomic E-state index is 14.0. The smallest absolute Gasteiger partial charge is 0.256 e. The number of amides is 1. The SMILES string of the molecule is O=C(c1ccccc1F)N1CCC[C@H](c2ccnc(Nc3cccc(F)c3)n2)C1. The third-order valence-corrected chi connectivity index (χ3v) is 4.99. The van der Waals surface area contributed by atoms with Crippen molar-refractivity contribution < 1.29 is 13.6 Å². The van der Waals surface area contributed by atoms with Gasteiger partial charge in [-0.3, -0.25) is 4.79 Å². The van der Waals surface area contributed by atoms with Crippen LogP contribution >= 0.6 is 0 Å². The van der Waals surface area contributed by atoms with E-state index in [2.05, 4.69) is 15.3 Å². The molecule has 0 saturated carbocycles. The number of anilines is 2. The standard InChI is InChI=1S/C22H20F2N4O/c23-16-6-3-7-17(13-16)26-22-25-11-10-20(27-22)15-5-4-12-28(14-15)21(29)18-8-1-2-9-19(18)24/h1-3,6-11,13,15H,4-5,12,14H2,(H,25,26,27)/t15-/m0/s1. The Morgan fingerprint density at radius 3 is 2.79 bits per heavy atom. The van der Waals surface area contributed by atoms with E-state index in [0.29, 0.717) is 24.7 Å². The molecule has 4 rings (SSSR count). The summed E-state index contributed by atoms with van der Waals surface area (Å²) in [7, 11) is 0. The Hall–Kier alpha value is -3.35. The zero-order chi connectivity index (χ0) is 20.2. The second-order valence-electron chi connectivity index (χ2n) is 7.01. The zero-order valence-electron chi connectivity index (χ0n) is 15.7. The molecule has 29 heavy (non-hydrogen) atoms. The number of benzene rings is 2. The normalized spacial score (nSPS) is 16.5. The molecule has 7 heteroatoms.